The van der Waals surface area contributed by atoms with Crippen molar-refractivity contribution in [1.29, 1.82) is 0 Å². The van der Waals surface area contributed by atoms with Crippen LogP contribution in [0.1, 0.15) is 31.2 Å². The zero-order valence-corrected chi connectivity index (χ0v) is 17.3. The van der Waals surface area contributed by atoms with E-state index in [9.17, 15) is 14.3 Å². The normalized spacial score (nSPS) is 17.6. The van der Waals surface area contributed by atoms with Gasteiger partial charge in [-0.05, 0) is 36.2 Å². The molecule has 1 aromatic heterocycles. The maximum absolute atomic E-state index is 13.3. The van der Waals surface area contributed by atoms with Crippen LogP contribution in [-0.4, -0.2) is 55.6 Å². The van der Waals surface area contributed by atoms with Crippen molar-refractivity contribution in [1.82, 2.24) is 4.98 Å². The third-order valence-electron chi connectivity index (χ3n) is 5.28. The number of aliphatic carboxylic acids is 1. The number of aromatic nitrogens is 1. The molecule has 1 saturated heterocycles. The van der Waals surface area contributed by atoms with Crippen LogP contribution >= 0.6 is 0 Å². The Labute approximate surface area is 175 Å². The van der Waals surface area contributed by atoms with Crippen molar-refractivity contribution in [2.24, 2.45) is 0 Å². The number of ether oxygens (including phenoxy) is 2. The number of pyridine rings is 1. The molecule has 0 aliphatic carbocycles. The molecule has 1 aliphatic rings. The van der Waals surface area contributed by atoms with Gasteiger partial charge in [0.15, 0.2) is 0 Å². The molecule has 162 valence electrons. The van der Waals surface area contributed by atoms with Crippen LogP contribution in [0.2, 0.25) is 0 Å². The number of hydrogen-bond donors (Lipinski definition) is 2. The van der Waals surface area contributed by atoms with E-state index in [0.29, 0.717) is 25.6 Å². The zero-order valence-electron chi connectivity index (χ0n) is 17.3. The SMILES string of the molecule is CCC1COCCN1c1ccc([C@@H](COC)CC(=O)O)cc1Nc1ccc(F)cn1. The molecule has 2 N–H and O–H groups in total. The lowest BCUT2D eigenvalue weighted by atomic mass is 9.95. The van der Waals surface area contributed by atoms with Crippen LogP contribution < -0.4 is 10.2 Å². The van der Waals surface area contributed by atoms with E-state index in [1.54, 1.807) is 13.2 Å². The molecule has 1 fully saturated rings. The molecular formula is C22H28FN3O4. The molecule has 8 heteroatoms. The van der Waals surface area contributed by atoms with Gasteiger partial charge in [-0.15, -0.1) is 0 Å². The van der Waals surface area contributed by atoms with E-state index in [1.165, 1.54) is 6.07 Å². The van der Waals surface area contributed by atoms with Gasteiger partial charge >= 0.3 is 5.97 Å². The Morgan fingerprint density at radius 1 is 1.43 bits per heavy atom. The second-order valence-electron chi connectivity index (χ2n) is 7.34. The number of hydrogen-bond acceptors (Lipinski definition) is 6. The molecule has 1 aromatic carbocycles. The molecule has 0 spiro atoms. The van der Waals surface area contributed by atoms with E-state index in [-0.39, 0.29) is 18.4 Å². The average Bonchev–Trinajstić information content (AvgIpc) is 2.75. The molecule has 2 atom stereocenters. The smallest absolute Gasteiger partial charge is 0.304 e. The number of rotatable bonds is 9. The van der Waals surface area contributed by atoms with Gasteiger partial charge in [0.25, 0.3) is 0 Å². The van der Waals surface area contributed by atoms with Gasteiger partial charge in [-0.1, -0.05) is 13.0 Å². The van der Waals surface area contributed by atoms with E-state index >= 15 is 0 Å². The van der Waals surface area contributed by atoms with Crippen LogP contribution in [0.3, 0.4) is 0 Å². The molecule has 0 radical (unpaired) electrons. The fourth-order valence-electron chi connectivity index (χ4n) is 3.74. The van der Waals surface area contributed by atoms with Crippen LogP contribution in [0, 0.1) is 5.82 Å². The minimum absolute atomic E-state index is 0.0312. The van der Waals surface area contributed by atoms with E-state index in [0.717, 1.165) is 36.1 Å². The van der Waals surface area contributed by atoms with Crippen molar-refractivity contribution in [3.05, 3.63) is 47.9 Å². The summed E-state index contributed by atoms with van der Waals surface area (Å²) >= 11 is 0. The molecule has 3 rings (SSSR count). The summed E-state index contributed by atoms with van der Waals surface area (Å²) in [5.74, 6) is -1.06. The van der Waals surface area contributed by atoms with Gasteiger partial charge in [0.2, 0.25) is 0 Å². The van der Waals surface area contributed by atoms with Crippen molar-refractivity contribution >= 4 is 23.2 Å². The van der Waals surface area contributed by atoms with Crippen molar-refractivity contribution in [2.75, 3.05) is 43.7 Å². The molecule has 1 aliphatic heterocycles. The summed E-state index contributed by atoms with van der Waals surface area (Å²) < 4.78 is 24.2. The lowest BCUT2D eigenvalue weighted by Gasteiger charge is -2.38. The van der Waals surface area contributed by atoms with Gasteiger partial charge in [0, 0.05) is 19.6 Å². The quantitative estimate of drug-likeness (QED) is 0.642. The second kappa shape index (κ2) is 10.4. The summed E-state index contributed by atoms with van der Waals surface area (Å²) in [5.41, 5.74) is 2.62. The van der Waals surface area contributed by atoms with E-state index < -0.39 is 11.8 Å². The summed E-state index contributed by atoms with van der Waals surface area (Å²) in [7, 11) is 1.56. The highest BCUT2D eigenvalue weighted by atomic mass is 19.1. The number of nitrogens with one attached hydrogen (secondary N) is 1. The lowest BCUT2D eigenvalue weighted by molar-refractivity contribution is -0.137. The first-order valence-electron chi connectivity index (χ1n) is 10.1. The fraction of sp³-hybridized carbons (Fsp3) is 0.455. The second-order valence-corrected chi connectivity index (χ2v) is 7.34. The lowest BCUT2D eigenvalue weighted by Crippen LogP contribution is -2.45. The first-order valence-corrected chi connectivity index (χ1v) is 10.1. The summed E-state index contributed by atoms with van der Waals surface area (Å²) in [6.45, 7) is 4.46. The van der Waals surface area contributed by atoms with Crippen LogP contribution in [0.5, 0.6) is 0 Å². The highest BCUT2D eigenvalue weighted by Crippen LogP contribution is 2.35. The van der Waals surface area contributed by atoms with E-state index in [4.69, 9.17) is 9.47 Å². The number of halogens is 1. The molecule has 30 heavy (non-hydrogen) atoms. The molecule has 0 saturated carbocycles. The third-order valence-corrected chi connectivity index (χ3v) is 5.28. The Morgan fingerprint density at radius 2 is 2.27 bits per heavy atom. The summed E-state index contributed by atoms with van der Waals surface area (Å²) in [5, 5.41) is 12.6. The van der Waals surface area contributed by atoms with Gasteiger partial charge in [-0.25, -0.2) is 9.37 Å². The van der Waals surface area contributed by atoms with Gasteiger partial charge in [0.1, 0.15) is 11.6 Å². The number of carboxylic acid groups (broad SMARTS) is 1. The molecule has 7 nitrogen and oxygen atoms in total. The molecule has 2 heterocycles. The van der Waals surface area contributed by atoms with Crippen LogP contribution in [-0.2, 0) is 14.3 Å². The maximum Gasteiger partial charge on any atom is 0.304 e. The highest BCUT2D eigenvalue weighted by molar-refractivity contribution is 5.76. The number of morpholine rings is 1. The number of anilines is 3. The zero-order chi connectivity index (χ0) is 21.5. The molecule has 0 amide bonds. The van der Waals surface area contributed by atoms with Gasteiger partial charge < -0.3 is 24.8 Å². The molecule has 1 unspecified atom stereocenters. The number of methoxy groups -OCH3 is 1. The Bertz CT molecular complexity index is 847. The minimum atomic E-state index is -0.880. The van der Waals surface area contributed by atoms with Crippen LogP contribution in [0.15, 0.2) is 36.5 Å². The van der Waals surface area contributed by atoms with Gasteiger partial charge in [-0.3, -0.25) is 4.79 Å². The molecular weight excluding hydrogens is 389 g/mol. The maximum atomic E-state index is 13.3. The Hall–Kier alpha value is -2.71. The first kappa shape index (κ1) is 22.0. The number of carboxylic acids is 1. The number of benzene rings is 1. The Balaban J connectivity index is 1.99. The average molecular weight is 417 g/mol. The standard InChI is InChI=1S/C22H28FN3O4/c1-3-18-14-30-9-8-26(18)20-6-4-15(16(13-29-2)11-22(27)28)10-19(20)25-21-7-5-17(23)12-24-21/h4-7,10,12,16,18H,3,8-9,11,13-14H2,1-2H3,(H,24,25)(H,27,28)/t16-,18?/m1/s1. The molecule has 2 aromatic rings. The van der Waals surface area contributed by atoms with Gasteiger partial charge in [-0.2, -0.15) is 0 Å². The van der Waals surface area contributed by atoms with Crippen molar-refractivity contribution in [3.63, 3.8) is 0 Å². The summed E-state index contributed by atoms with van der Waals surface area (Å²) in [4.78, 5) is 17.7. The largest absolute Gasteiger partial charge is 0.481 e. The predicted octanol–water partition coefficient (Wildman–Crippen LogP) is 3.78. The first-order chi connectivity index (χ1) is 14.5. The van der Waals surface area contributed by atoms with Crippen LogP contribution in [0.25, 0.3) is 0 Å². The number of carbonyl (C=O) groups is 1. The fourth-order valence-corrected chi connectivity index (χ4v) is 3.74. The van der Waals surface area contributed by atoms with Gasteiger partial charge in [0.05, 0.1) is 49.9 Å². The number of nitrogens with zero attached hydrogens (tertiary/aromatic N) is 2. The third kappa shape index (κ3) is 5.46. The topological polar surface area (TPSA) is 83.9 Å². The monoisotopic (exact) mass is 417 g/mol. The van der Waals surface area contributed by atoms with Crippen molar-refractivity contribution < 1.29 is 23.8 Å². The Kier molecular flexibility index (Phi) is 7.59. The van der Waals surface area contributed by atoms with Crippen molar-refractivity contribution in [3.8, 4) is 0 Å². The Morgan fingerprint density at radius 3 is 2.93 bits per heavy atom. The van der Waals surface area contributed by atoms with E-state index in [1.807, 2.05) is 18.2 Å². The van der Waals surface area contributed by atoms with Crippen LogP contribution in [0.4, 0.5) is 21.6 Å². The molecule has 0 bridgehead atoms. The highest BCUT2D eigenvalue weighted by Gasteiger charge is 2.25. The van der Waals surface area contributed by atoms with E-state index in [2.05, 4.69) is 22.1 Å². The van der Waals surface area contributed by atoms with Crippen molar-refractivity contribution in [2.45, 2.75) is 31.7 Å². The summed E-state index contributed by atoms with van der Waals surface area (Å²) in [6.07, 6.45) is 2.06. The minimum Gasteiger partial charge on any atom is -0.481 e. The predicted molar refractivity (Wildman–Crippen MR) is 113 cm³/mol. The summed E-state index contributed by atoms with van der Waals surface area (Å²) in [6, 6.07) is 9.05.